The van der Waals surface area contributed by atoms with Gasteiger partial charge in [-0.05, 0) is 36.5 Å². The largest absolute Gasteiger partial charge is 0.573 e. The fraction of sp³-hybridized carbons (Fsp3) is 0.500. The van der Waals surface area contributed by atoms with Gasteiger partial charge in [-0.2, -0.15) is 0 Å². The molecule has 2 rings (SSSR count). The highest BCUT2D eigenvalue weighted by molar-refractivity contribution is 5.30. The van der Waals surface area contributed by atoms with Gasteiger partial charge in [0.15, 0.2) is 0 Å². The SMILES string of the molecule is OC(c1cccc(OC(F)(F)F)c1)C(O)C1CC1. The Labute approximate surface area is 102 Å². The molecule has 2 N–H and O–H groups in total. The van der Waals surface area contributed by atoms with Gasteiger partial charge in [-0.25, -0.2) is 0 Å². The van der Waals surface area contributed by atoms with Crippen LogP contribution in [0.2, 0.25) is 0 Å². The number of alkyl halides is 3. The van der Waals surface area contributed by atoms with Gasteiger partial charge in [0.05, 0.1) is 6.10 Å². The van der Waals surface area contributed by atoms with Crippen molar-refractivity contribution in [1.29, 1.82) is 0 Å². The van der Waals surface area contributed by atoms with E-state index in [1.807, 2.05) is 0 Å². The first-order valence-electron chi connectivity index (χ1n) is 5.58. The van der Waals surface area contributed by atoms with Gasteiger partial charge in [0.2, 0.25) is 0 Å². The number of aliphatic hydroxyl groups is 2. The van der Waals surface area contributed by atoms with E-state index in [1.165, 1.54) is 12.1 Å². The highest BCUT2D eigenvalue weighted by Gasteiger charge is 2.35. The van der Waals surface area contributed by atoms with Crippen LogP contribution in [0, 0.1) is 5.92 Å². The van der Waals surface area contributed by atoms with E-state index < -0.39 is 24.3 Å². The first kappa shape index (κ1) is 13.2. The molecule has 2 unspecified atom stereocenters. The second-order valence-corrected chi connectivity index (χ2v) is 4.39. The van der Waals surface area contributed by atoms with Crippen molar-refractivity contribution in [2.24, 2.45) is 5.92 Å². The predicted octanol–water partition coefficient (Wildman–Crippen LogP) is 2.39. The Kier molecular flexibility index (Phi) is 3.49. The molecule has 0 aromatic heterocycles. The first-order chi connectivity index (χ1) is 8.37. The monoisotopic (exact) mass is 262 g/mol. The number of rotatable bonds is 4. The molecule has 0 amide bonds. The van der Waals surface area contributed by atoms with Crippen molar-refractivity contribution in [1.82, 2.24) is 0 Å². The summed E-state index contributed by atoms with van der Waals surface area (Å²) >= 11 is 0. The summed E-state index contributed by atoms with van der Waals surface area (Å²) in [6.45, 7) is 0. The standard InChI is InChI=1S/C12H13F3O3/c13-12(14,15)18-9-3-1-2-8(6-9)11(17)10(16)7-4-5-7/h1-3,6-7,10-11,16-17H,4-5H2. The summed E-state index contributed by atoms with van der Waals surface area (Å²) in [6.07, 6.45) is -5.23. The lowest BCUT2D eigenvalue weighted by atomic mass is 10.0. The van der Waals surface area contributed by atoms with E-state index in [1.54, 1.807) is 0 Å². The van der Waals surface area contributed by atoms with Gasteiger partial charge in [-0.3, -0.25) is 0 Å². The summed E-state index contributed by atoms with van der Waals surface area (Å²) in [7, 11) is 0. The van der Waals surface area contributed by atoms with E-state index in [9.17, 15) is 23.4 Å². The van der Waals surface area contributed by atoms with E-state index in [0.717, 1.165) is 25.0 Å². The van der Waals surface area contributed by atoms with Gasteiger partial charge in [-0.1, -0.05) is 12.1 Å². The third-order valence-corrected chi connectivity index (χ3v) is 2.86. The van der Waals surface area contributed by atoms with Gasteiger partial charge < -0.3 is 14.9 Å². The molecule has 1 aromatic carbocycles. The Morgan fingerprint density at radius 2 is 1.89 bits per heavy atom. The van der Waals surface area contributed by atoms with Crippen LogP contribution in [0.1, 0.15) is 24.5 Å². The van der Waals surface area contributed by atoms with Crippen LogP contribution in [0.25, 0.3) is 0 Å². The van der Waals surface area contributed by atoms with E-state index >= 15 is 0 Å². The topological polar surface area (TPSA) is 49.7 Å². The average Bonchev–Trinajstić information content (AvgIpc) is 3.09. The number of hydrogen-bond donors (Lipinski definition) is 2. The third kappa shape index (κ3) is 3.36. The van der Waals surface area contributed by atoms with Crippen molar-refractivity contribution in [3.8, 4) is 5.75 Å². The smallest absolute Gasteiger partial charge is 0.406 e. The molecule has 0 saturated heterocycles. The number of hydrogen-bond acceptors (Lipinski definition) is 3. The van der Waals surface area contributed by atoms with Gasteiger partial charge in [0.1, 0.15) is 11.9 Å². The summed E-state index contributed by atoms with van der Waals surface area (Å²) in [4.78, 5) is 0. The highest BCUT2D eigenvalue weighted by Crippen LogP contribution is 2.38. The minimum atomic E-state index is -4.77. The lowest BCUT2D eigenvalue weighted by molar-refractivity contribution is -0.274. The molecule has 0 heterocycles. The van der Waals surface area contributed by atoms with Crippen molar-refractivity contribution < 1.29 is 28.1 Å². The number of aliphatic hydroxyl groups excluding tert-OH is 2. The number of halogens is 3. The minimum absolute atomic E-state index is 0.0344. The van der Waals surface area contributed by atoms with Crippen LogP contribution >= 0.6 is 0 Å². The third-order valence-electron chi connectivity index (χ3n) is 2.86. The molecule has 0 spiro atoms. The Morgan fingerprint density at radius 1 is 1.22 bits per heavy atom. The van der Waals surface area contributed by atoms with Gasteiger partial charge in [0.25, 0.3) is 0 Å². The molecule has 1 aromatic rings. The summed E-state index contributed by atoms with van der Waals surface area (Å²) in [5, 5.41) is 19.6. The van der Waals surface area contributed by atoms with Crippen molar-refractivity contribution in [3.63, 3.8) is 0 Å². The van der Waals surface area contributed by atoms with Crippen LogP contribution < -0.4 is 4.74 Å². The van der Waals surface area contributed by atoms with Crippen molar-refractivity contribution >= 4 is 0 Å². The molecular weight excluding hydrogens is 249 g/mol. The highest BCUT2D eigenvalue weighted by atomic mass is 19.4. The summed E-state index contributed by atoms with van der Waals surface area (Å²) in [5.74, 6) is -0.366. The zero-order valence-electron chi connectivity index (χ0n) is 9.39. The van der Waals surface area contributed by atoms with Gasteiger partial charge in [0, 0.05) is 0 Å². The second kappa shape index (κ2) is 4.78. The van der Waals surface area contributed by atoms with Crippen molar-refractivity contribution in [2.45, 2.75) is 31.4 Å². The van der Waals surface area contributed by atoms with Crippen molar-refractivity contribution in [2.75, 3.05) is 0 Å². The molecule has 0 aliphatic heterocycles. The molecule has 100 valence electrons. The molecule has 2 atom stereocenters. The Bertz CT molecular complexity index is 415. The second-order valence-electron chi connectivity index (χ2n) is 4.39. The fourth-order valence-corrected chi connectivity index (χ4v) is 1.79. The average molecular weight is 262 g/mol. The Balaban J connectivity index is 2.10. The zero-order valence-corrected chi connectivity index (χ0v) is 9.39. The maximum absolute atomic E-state index is 12.0. The zero-order chi connectivity index (χ0) is 13.3. The first-order valence-corrected chi connectivity index (χ1v) is 5.58. The number of benzene rings is 1. The molecule has 3 nitrogen and oxygen atoms in total. The van der Waals surface area contributed by atoms with E-state index in [0.29, 0.717) is 0 Å². The van der Waals surface area contributed by atoms with Crippen LogP contribution in [0.5, 0.6) is 5.75 Å². The van der Waals surface area contributed by atoms with Crippen molar-refractivity contribution in [3.05, 3.63) is 29.8 Å². The predicted molar refractivity (Wildman–Crippen MR) is 56.8 cm³/mol. The molecule has 1 aliphatic rings. The fourth-order valence-electron chi connectivity index (χ4n) is 1.79. The summed E-state index contributed by atoms with van der Waals surface area (Å²) in [5.41, 5.74) is 0.219. The molecular formula is C12H13F3O3. The number of ether oxygens (including phenoxy) is 1. The van der Waals surface area contributed by atoms with Crippen LogP contribution in [0.3, 0.4) is 0 Å². The molecule has 1 aliphatic carbocycles. The van der Waals surface area contributed by atoms with E-state index in [4.69, 9.17) is 0 Å². The summed E-state index contributed by atoms with van der Waals surface area (Å²) in [6, 6.07) is 5.04. The molecule has 18 heavy (non-hydrogen) atoms. The molecule has 1 saturated carbocycles. The van der Waals surface area contributed by atoms with Crippen LogP contribution in [0.15, 0.2) is 24.3 Å². The van der Waals surface area contributed by atoms with Crippen LogP contribution in [-0.2, 0) is 0 Å². The lowest BCUT2D eigenvalue weighted by Crippen LogP contribution is -2.21. The molecule has 0 bridgehead atoms. The molecule has 1 fully saturated rings. The van der Waals surface area contributed by atoms with Gasteiger partial charge in [-0.15, -0.1) is 13.2 Å². The Morgan fingerprint density at radius 3 is 2.44 bits per heavy atom. The van der Waals surface area contributed by atoms with Crippen LogP contribution in [-0.4, -0.2) is 22.7 Å². The minimum Gasteiger partial charge on any atom is -0.406 e. The molecule has 0 radical (unpaired) electrons. The van der Waals surface area contributed by atoms with Gasteiger partial charge >= 0.3 is 6.36 Å². The Hall–Kier alpha value is -1.27. The van der Waals surface area contributed by atoms with E-state index in [-0.39, 0.29) is 11.5 Å². The summed E-state index contributed by atoms with van der Waals surface area (Å²) < 4.78 is 39.9. The van der Waals surface area contributed by atoms with E-state index in [2.05, 4.69) is 4.74 Å². The normalized spacial score (nSPS) is 19.4. The maximum Gasteiger partial charge on any atom is 0.573 e. The van der Waals surface area contributed by atoms with Crippen LogP contribution in [0.4, 0.5) is 13.2 Å². The maximum atomic E-state index is 12.0. The molecule has 6 heteroatoms. The lowest BCUT2D eigenvalue weighted by Gasteiger charge is -2.18. The quantitative estimate of drug-likeness (QED) is 0.876.